The fourth-order valence-corrected chi connectivity index (χ4v) is 4.47. The zero-order chi connectivity index (χ0) is 31.2. The summed E-state index contributed by atoms with van der Waals surface area (Å²) in [7, 11) is 0. The van der Waals surface area contributed by atoms with E-state index in [1.54, 1.807) is 71.9 Å². The average Bonchev–Trinajstić information content (AvgIpc) is 2.83. The molecule has 5 N–H and O–H groups in total. The van der Waals surface area contributed by atoms with E-state index in [1.807, 2.05) is 6.07 Å². The second-order valence-corrected chi connectivity index (χ2v) is 12.1. The first-order valence-electron chi connectivity index (χ1n) is 13.8. The van der Waals surface area contributed by atoms with Gasteiger partial charge in [-0.3, -0.25) is 9.59 Å². The Labute approximate surface area is 246 Å². The van der Waals surface area contributed by atoms with Crippen molar-refractivity contribution >= 4 is 35.5 Å². The summed E-state index contributed by atoms with van der Waals surface area (Å²) in [5.74, 6) is -1.96. The second-order valence-electron chi connectivity index (χ2n) is 12.1. The van der Waals surface area contributed by atoms with Gasteiger partial charge in [0, 0.05) is 6.42 Å². The van der Waals surface area contributed by atoms with Gasteiger partial charge in [-0.05, 0) is 102 Å². The quantitative estimate of drug-likeness (QED) is 0.183. The van der Waals surface area contributed by atoms with Crippen molar-refractivity contribution < 1.29 is 33.4 Å². The number of esters is 3. The van der Waals surface area contributed by atoms with Gasteiger partial charge in [0.05, 0.1) is 17.7 Å². The topological polar surface area (TPSA) is 172 Å². The second kappa shape index (κ2) is 13.1. The summed E-state index contributed by atoms with van der Waals surface area (Å²) >= 11 is 0. The van der Waals surface area contributed by atoms with E-state index in [0.29, 0.717) is 36.3 Å². The molecule has 2 aromatic rings. The van der Waals surface area contributed by atoms with E-state index in [-0.39, 0.29) is 18.8 Å². The Balaban J connectivity index is 1.75. The van der Waals surface area contributed by atoms with Gasteiger partial charge in [-0.2, -0.15) is 0 Å². The molecule has 3 rings (SSSR count). The number of carbonyl (C=O) groups is 4. The third-order valence-electron chi connectivity index (χ3n) is 6.08. The first-order chi connectivity index (χ1) is 19.5. The number of nitrogens with zero attached hydrogens (tertiary/aromatic N) is 1. The van der Waals surface area contributed by atoms with E-state index in [0.717, 1.165) is 16.7 Å². The molecule has 1 heterocycles. The Bertz CT molecular complexity index is 1380. The number of guanidine groups is 1. The van der Waals surface area contributed by atoms with Crippen molar-refractivity contribution in [1.82, 2.24) is 5.32 Å². The molecule has 0 fully saturated rings. The molecule has 42 heavy (non-hydrogen) atoms. The SMILES string of the molecule is CC(C)(C)OC(=O)CC(NC(=O)CCc1cccc2c1CCc1cc(N=C(N)N)ccc1C(=O)O2)C(=O)OC(C)(C)C. The number of aryl methyl sites for hydroxylation is 2. The van der Waals surface area contributed by atoms with Gasteiger partial charge in [0.2, 0.25) is 5.91 Å². The lowest BCUT2D eigenvalue weighted by Gasteiger charge is -2.26. The highest BCUT2D eigenvalue weighted by molar-refractivity contribution is 5.94. The number of ether oxygens (including phenoxy) is 3. The van der Waals surface area contributed by atoms with Gasteiger partial charge in [0.25, 0.3) is 0 Å². The molecular weight excluding hydrogens is 540 g/mol. The molecule has 0 radical (unpaired) electrons. The van der Waals surface area contributed by atoms with E-state index in [9.17, 15) is 19.2 Å². The number of amides is 1. The standard InChI is InChI=1S/C31H40N4O7/c1-30(2,3)41-26(37)17-23(28(39)42-31(4,5)6)35-25(36)15-11-18-8-7-9-24-21(18)13-10-19-16-20(34-29(32)33)12-14-22(19)27(38)40-24/h7-9,12,14,16,23H,10-11,13,15,17H2,1-6H3,(H,35,36)(H4,32,33,34). The van der Waals surface area contributed by atoms with Crippen LogP contribution in [0, 0.1) is 0 Å². The molecule has 0 aliphatic carbocycles. The van der Waals surface area contributed by atoms with Crippen LogP contribution in [0.5, 0.6) is 5.75 Å². The maximum atomic E-state index is 13.0. The van der Waals surface area contributed by atoms with Gasteiger partial charge in [0.15, 0.2) is 5.96 Å². The molecule has 0 spiro atoms. The van der Waals surface area contributed by atoms with E-state index in [2.05, 4.69) is 10.3 Å². The highest BCUT2D eigenvalue weighted by Crippen LogP contribution is 2.31. The summed E-state index contributed by atoms with van der Waals surface area (Å²) in [5, 5.41) is 2.64. The van der Waals surface area contributed by atoms with Crippen LogP contribution in [-0.2, 0) is 43.1 Å². The van der Waals surface area contributed by atoms with Gasteiger partial charge in [-0.25, -0.2) is 14.6 Å². The number of fused-ring (bicyclic) bond motifs is 2. The molecule has 11 nitrogen and oxygen atoms in total. The number of nitrogens with two attached hydrogens (primary N) is 2. The van der Waals surface area contributed by atoms with Gasteiger partial charge in [-0.1, -0.05) is 12.1 Å². The highest BCUT2D eigenvalue weighted by Gasteiger charge is 2.31. The summed E-state index contributed by atoms with van der Waals surface area (Å²) in [6.07, 6.45) is 1.02. The largest absolute Gasteiger partial charge is 0.460 e. The Hall–Kier alpha value is -4.41. The summed E-state index contributed by atoms with van der Waals surface area (Å²) in [5.41, 5.74) is 12.8. The van der Waals surface area contributed by atoms with Crippen LogP contribution >= 0.6 is 0 Å². The Kier molecular flexibility index (Phi) is 9.98. The summed E-state index contributed by atoms with van der Waals surface area (Å²) in [6.45, 7) is 10.3. The minimum Gasteiger partial charge on any atom is -0.460 e. The maximum Gasteiger partial charge on any atom is 0.343 e. The van der Waals surface area contributed by atoms with Crippen LogP contribution in [0.1, 0.15) is 81.4 Å². The van der Waals surface area contributed by atoms with Crippen LogP contribution in [0.25, 0.3) is 0 Å². The zero-order valence-corrected chi connectivity index (χ0v) is 25.0. The van der Waals surface area contributed by atoms with Crippen LogP contribution in [0.3, 0.4) is 0 Å². The van der Waals surface area contributed by atoms with Crippen LogP contribution in [0.4, 0.5) is 5.69 Å². The number of nitrogens with one attached hydrogen (secondary N) is 1. The lowest BCUT2D eigenvalue weighted by molar-refractivity contribution is -0.165. The van der Waals surface area contributed by atoms with Crippen molar-refractivity contribution in [2.24, 2.45) is 16.5 Å². The fraction of sp³-hybridized carbons (Fsp3) is 0.452. The van der Waals surface area contributed by atoms with Gasteiger partial charge < -0.3 is 31.0 Å². The molecule has 11 heteroatoms. The summed E-state index contributed by atoms with van der Waals surface area (Å²) < 4.78 is 16.5. The highest BCUT2D eigenvalue weighted by atomic mass is 16.6. The van der Waals surface area contributed by atoms with Crippen molar-refractivity contribution in [3.8, 4) is 5.75 Å². The maximum absolute atomic E-state index is 13.0. The molecular formula is C31H40N4O7. The van der Waals surface area contributed by atoms with Crippen molar-refractivity contribution in [1.29, 1.82) is 0 Å². The first-order valence-corrected chi connectivity index (χ1v) is 13.8. The number of hydrogen-bond donors (Lipinski definition) is 3. The van der Waals surface area contributed by atoms with E-state index < -0.39 is 41.1 Å². The third-order valence-corrected chi connectivity index (χ3v) is 6.08. The average molecular weight is 581 g/mol. The molecule has 226 valence electrons. The zero-order valence-electron chi connectivity index (χ0n) is 25.0. The van der Waals surface area contributed by atoms with Crippen LogP contribution < -0.4 is 21.5 Å². The van der Waals surface area contributed by atoms with Crippen molar-refractivity contribution in [2.75, 3.05) is 0 Å². The van der Waals surface area contributed by atoms with Crippen molar-refractivity contribution in [2.45, 2.75) is 90.9 Å². The molecule has 1 aliphatic rings. The van der Waals surface area contributed by atoms with E-state index in [4.69, 9.17) is 25.7 Å². The Morgan fingerprint density at radius 1 is 1.00 bits per heavy atom. The molecule has 1 unspecified atom stereocenters. The molecule has 0 bridgehead atoms. The normalized spacial score (nSPS) is 13.7. The predicted octanol–water partition coefficient (Wildman–Crippen LogP) is 3.40. The number of benzene rings is 2. The van der Waals surface area contributed by atoms with Crippen LogP contribution in [0.2, 0.25) is 0 Å². The Morgan fingerprint density at radius 2 is 1.69 bits per heavy atom. The number of rotatable bonds is 8. The minimum absolute atomic E-state index is 0.0171. The Morgan fingerprint density at radius 3 is 2.33 bits per heavy atom. The molecule has 1 aliphatic heterocycles. The minimum atomic E-state index is -1.21. The van der Waals surface area contributed by atoms with Crippen LogP contribution in [-0.4, -0.2) is 47.0 Å². The third kappa shape index (κ3) is 9.60. The van der Waals surface area contributed by atoms with E-state index in [1.165, 1.54) is 0 Å². The van der Waals surface area contributed by atoms with Crippen molar-refractivity contribution in [3.63, 3.8) is 0 Å². The monoisotopic (exact) mass is 580 g/mol. The van der Waals surface area contributed by atoms with Gasteiger partial charge in [0.1, 0.15) is 23.0 Å². The van der Waals surface area contributed by atoms with Gasteiger partial charge >= 0.3 is 17.9 Å². The molecule has 0 saturated heterocycles. The number of hydrogen-bond acceptors (Lipinski definition) is 8. The molecule has 0 aromatic heterocycles. The number of carbonyl (C=O) groups excluding carboxylic acids is 4. The number of aliphatic imine (C=N–C) groups is 1. The predicted molar refractivity (Wildman–Crippen MR) is 157 cm³/mol. The fourth-order valence-electron chi connectivity index (χ4n) is 4.47. The lowest BCUT2D eigenvalue weighted by atomic mass is 9.93. The lowest BCUT2D eigenvalue weighted by Crippen LogP contribution is -2.46. The van der Waals surface area contributed by atoms with Crippen molar-refractivity contribution in [3.05, 3.63) is 58.7 Å². The summed E-state index contributed by atoms with van der Waals surface area (Å²) in [4.78, 5) is 55.3. The first kappa shape index (κ1) is 32.1. The van der Waals surface area contributed by atoms with Gasteiger partial charge in [-0.15, -0.1) is 0 Å². The molecule has 1 atom stereocenters. The van der Waals surface area contributed by atoms with E-state index >= 15 is 0 Å². The molecule has 1 amide bonds. The van der Waals surface area contributed by atoms with Crippen LogP contribution in [0.15, 0.2) is 41.4 Å². The molecule has 0 saturated carbocycles. The summed E-state index contributed by atoms with van der Waals surface area (Å²) in [6, 6.07) is 9.16. The smallest absolute Gasteiger partial charge is 0.343 e. The molecule has 2 aromatic carbocycles.